The quantitative estimate of drug-likeness (QED) is 0.299. The molecule has 0 bridgehead atoms. The second-order valence-corrected chi connectivity index (χ2v) is 4.26. The number of nitrogens with two attached hydrogens (primary N) is 1. The van der Waals surface area contributed by atoms with Gasteiger partial charge in [-0.25, -0.2) is 4.99 Å². The first-order valence-corrected chi connectivity index (χ1v) is 6.14. The highest BCUT2D eigenvalue weighted by Gasteiger charge is 2.08. The molecule has 5 nitrogen and oxygen atoms in total. The van der Waals surface area contributed by atoms with E-state index in [2.05, 4.69) is 15.6 Å². The van der Waals surface area contributed by atoms with Crippen LogP contribution in [-0.4, -0.2) is 29.2 Å². The van der Waals surface area contributed by atoms with Gasteiger partial charge in [-0.3, -0.25) is 4.79 Å². The highest BCUT2D eigenvalue weighted by Crippen LogP contribution is 2.05. The fraction of sp³-hybridized carbons (Fsp3) is 0.444. The standard InChI is InChI=1S/C9H16N4OS2/c1-5(14)12-8(13-6(2)16-4)7(10)9(15)11-3/h10H2,1-4H3,(H,11,15)(H,12,14)/b8-7-,13-6+. The van der Waals surface area contributed by atoms with E-state index in [-0.39, 0.29) is 17.4 Å². The Morgan fingerprint density at radius 3 is 2.38 bits per heavy atom. The number of thioether (sulfide) groups is 1. The Morgan fingerprint density at radius 2 is 2.00 bits per heavy atom. The molecule has 0 rings (SSSR count). The molecular formula is C9H16N4OS2. The molecule has 0 heterocycles. The van der Waals surface area contributed by atoms with Crippen LogP contribution in [0.2, 0.25) is 0 Å². The van der Waals surface area contributed by atoms with E-state index in [0.717, 1.165) is 5.04 Å². The Morgan fingerprint density at radius 1 is 1.44 bits per heavy atom. The van der Waals surface area contributed by atoms with Gasteiger partial charge in [0.2, 0.25) is 5.91 Å². The largest absolute Gasteiger partial charge is 0.393 e. The normalized spacial score (nSPS) is 12.9. The minimum absolute atomic E-state index is 0.241. The van der Waals surface area contributed by atoms with Gasteiger partial charge in [-0.1, -0.05) is 12.2 Å². The van der Waals surface area contributed by atoms with Crippen LogP contribution >= 0.6 is 24.0 Å². The zero-order valence-corrected chi connectivity index (χ0v) is 11.4. The molecule has 90 valence electrons. The lowest BCUT2D eigenvalue weighted by Gasteiger charge is -2.09. The van der Waals surface area contributed by atoms with Gasteiger partial charge in [0.05, 0.1) is 5.04 Å². The predicted octanol–water partition coefficient (Wildman–Crippen LogP) is 0.579. The summed E-state index contributed by atoms with van der Waals surface area (Å²) in [5.41, 5.74) is 6.02. The van der Waals surface area contributed by atoms with E-state index < -0.39 is 0 Å². The Hall–Kier alpha value is -1.08. The molecule has 0 saturated heterocycles. The monoisotopic (exact) mass is 260 g/mol. The molecule has 0 aliphatic heterocycles. The molecule has 0 aliphatic carbocycles. The molecule has 7 heteroatoms. The summed E-state index contributed by atoms with van der Waals surface area (Å²) >= 11 is 6.44. The Labute approximate surface area is 105 Å². The van der Waals surface area contributed by atoms with Gasteiger partial charge in [-0.2, -0.15) is 0 Å². The SMILES string of the molecule is CNC(=S)/C(N)=C(/N=C(\C)SC)NC(C)=O. The molecule has 0 atom stereocenters. The van der Waals surface area contributed by atoms with Gasteiger partial charge in [0.15, 0.2) is 5.82 Å². The van der Waals surface area contributed by atoms with Crippen LogP contribution < -0.4 is 16.4 Å². The van der Waals surface area contributed by atoms with Gasteiger partial charge >= 0.3 is 0 Å². The van der Waals surface area contributed by atoms with Crippen LogP contribution in [0.3, 0.4) is 0 Å². The van der Waals surface area contributed by atoms with E-state index in [9.17, 15) is 4.79 Å². The molecule has 4 N–H and O–H groups in total. The molecule has 0 aromatic carbocycles. The Balaban J connectivity index is 5.22. The molecule has 0 aromatic heterocycles. The van der Waals surface area contributed by atoms with Crippen molar-refractivity contribution in [1.29, 1.82) is 0 Å². The third-order valence-corrected chi connectivity index (χ3v) is 2.69. The second kappa shape index (κ2) is 7.24. The number of carbonyl (C=O) groups is 1. The summed E-state index contributed by atoms with van der Waals surface area (Å²) in [6.07, 6.45) is 1.89. The van der Waals surface area contributed by atoms with Crippen molar-refractivity contribution in [1.82, 2.24) is 10.6 Å². The maximum absolute atomic E-state index is 11.0. The van der Waals surface area contributed by atoms with Crippen LogP contribution in [-0.2, 0) is 4.79 Å². The fourth-order valence-corrected chi connectivity index (χ4v) is 1.05. The number of nitrogens with one attached hydrogen (secondary N) is 2. The van der Waals surface area contributed by atoms with Crippen molar-refractivity contribution >= 4 is 39.9 Å². The molecule has 0 radical (unpaired) electrons. The van der Waals surface area contributed by atoms with Gasteiger partial charge in [-0.15, -0.1) is 11.8 Å². The predicted molar refractivity (Wildman–Crippen MR) is 73.3 cm³/mol. The van der Waals surface area contributed by atoms with Crippen molar-refractivity contribution in [3.63, 3.8) is 0 Å². The molecule has 0 spiro atoms. The average molecular weight is 260 g/mol. The fourth-order valence-electron chi connectivity index (χ4n) is 0.768. The number of carbonyl (C=O) groups excluding carboxylic acids is 1. The lowest BCUT2D eigenvalue weighted by molar-refractivity contribution is -0.118. The highest BCUT2D eigenvalue weighted by atomic mass is 32.2. The van der Waals surface area contributed by atoms with Gasteiger partial charge in [0.1, 0.15) is 10.7 Å². The molecule has 0 aliphatic rings. The van der Waals surface area contributed by atoms with Crippen molar-refractivity contribution in [2.24, 2.45) is 10.7 Å². The van der Waals surface area contributed by atoms with E-state index >= 15 is 0 Å². The average Bonchev–Trinajstić information content (AvgIpc) is 2.25. The summed E-state index contributed by atoms with van der Waals surface area (Å²) in [6.45, 7) is 3.21. The lowest BCUT2D eigenvalue weighted by Crippen LogP contribution is -2.30. The van der Waals surface area contributed by atoms with Crippen LogP contribution in [0.5, 0.6) is 0 Å². The second-order valence-electron chi connectivity index (χ2n) is 2.86. The number of aliphatic imine (C=N–C) groups is 1. The molecule has 0 fully saturated rings. The van der Waals surface area contributed by atoms with E-state index in [0.29, 0.717) is 4.99 Å². The minimum Gasteiger partial charge on any atom is -0.393 e. The number of thiocarbonyl (C=S) groups is 1. The summed E-state index contributed by atoms with van der Waals surface area (Å²) < 4.78 is 0. The Bertz CT molecular complexity index is 349. The van der Waals surface area contributed by atoms with Crippen molar-refractivity contribution in [2.45, 2.75) is 13.8 Å². The first-order chi connectivity index (χ1) is 7.42. The smallest absolute Gasteiger partial charge is 0.222 e. The van der Waals surface area contributed by atoms with Crippen molar-refractivity contribution in [3.8, 4) is 0 Å². The van der Waals surface area contributed by atoms with E-state index in [1.807, 2.05) is 13.2 Å². The lowest BCUT2D eigenvalue weighted by atomic mass is 10.4. The van der Waals surface area contributed by atoms with E-state index in [1.54, 1.807) is 7.05 Å². The minimum atomic E-state index is -0.241. The van der Waals surface area contributed by atoms with Crippen molar-refractivity contribution in [3.05, 3.63) is 11.5 Å². The van der Waals surface area contributed by atoms with Gasteiger partial charge in [0, 0.05) is 14.0 Å². The summed E-state index contributed by atoms with van der Waals surface area (Å²) in [5, 5.41) is 6.06. The number of nitrogens with zero attached hydrogens (tertiary/aromatic N) is 1. The molecule has 1 amide bonds. The number of rotatable bonds is 3. The zero-order valence-electron chi connectivity index (χ0n) is 9.75. The number of hydrogen-bond donors (Lipinski definition) is 3. The summed E-state index contributed by atoms with van der Waals surface area (Å²) in [7, 11) is 1.66. The van der Waals surface area contributed by atoms with Gasteiger partial charge < -0.3 is 16.4 Å². The van der Waals surface area contributed by atoms with Crippen LogP contribution in [0.1, 0.15) is 13.8 Å². The summed E-state index contributed by atoms with van der Waals surface area (Å²) in [6, 6.07) is 0. The van der Waals surface area contributed by atoms with E-state index in [4.69, 9.17) is 18.0 Å². The number of amides is 1. The van der Waals surface area contributed by atoms with Crippen molar-refractivity contribution in [2.75, 3.05) is 13.3 Å². The summed E-state index contributed by atoms with van der Waals surface area (Å²) in [4.78, 5) is 15.5. The first kappa shape index (κ1) is 14.9. The van der Waals surface area contributed by atoms with Gasteiger partial charge in [0.25, 0.3) is 0 Å². The molecule has 16 heavy (non-hydrogen) atoms. The first-order valence-electron chi connectivity index (χ1n) is 4.51. The van der Waals surface area contributed by atoms with E-state index in [1.165, 1.54) is 18.7 Å². The Kier molecular flexibility index (Phi) is 6.75. The van der Waals surface area contributed by atoms with Crippen LogP contribution in [0.25, 0.3) is 0 Å². The van der Waals surface area contributed by atoms with Crippen LogP contribution in [0.15, 0.2) is 16.5 Å². The highest BCUT2D eigenvalue weighted by molar-refractivity contribution is 8.13. The third kappa shape index (κ3) is 5.13. The topological polar surface area (TPSA) is 79.5 Å². The number of likely N-dealkylation sites (N-methyl/N-ethyl adjacent to an activating group) is 1. The van der Waals surface area contributed by atoms with Crippen LogP contribution in [0.4, 0.5) is 0 Å². The maximum atomic E-state index is 11.0. The number of hydrogen-bond acceptors (Lipinski definition) is 5. The zero-order chi connectivity index (χ0) is 12.7. The maximum Gasteiger partial charge on any atom is 0.222 e. The summed E-state index contributed by atoms with van der Waals surface area (Å²) in [5.74, 6) is 0.0354. The molecular weight excluding hydrogens is 244 g/mol. The van der Waals surface area contributed by atoms with Gasteiger partial charge in [-0.05, 0) is 13.2 Å². The molecule has 0 unspecified atom stereocenters. The molecule has 0 aromatic rings. The van der Waals surface area contributed by atoms with Crippen LogP contribution in [0, 0.1) is 0 Å². The molecule has 0 saturated carbocycles. The third-order valence-electron chi connectivity index (χ3n) is 1.59. The van der Waals surface area contributed by atoms with Crippen molar-refractivity contribution < 1.29 is 4.79 Å².